The Hall–Kier alpha value is -7.63. The second-order valence-electron chi connectivity index (χ2n) is 13.4. The molecule has 0 saturated carbocycles. The molecule has 262 valence electrons. The predicted octanol–water partition coefficient (Wildman–Crippen LogP) is 12.7. The van der Waals surface area contributed by atoms with Crippen LogP contribution in [0.4, 0.5) is 0 Å². The van der Waals surface area contributed by atoms with Crippen molar-refractivity contribution < 1.29 is 12.3 Å². The van der Waals surface area contributed by atoms with Crippen LogP contribution >= 0.6 is 0 Å². The van der Waals surface area contributed by atoms with Crippen molar-refractivity contribution in [2.75, 3.05) is 0 Å². The molecule has 0 saturated heterocycles. The molecule has 0 unspecified atom stereocenters. The van der Waals surface area contributed by atoms with Crippen molar-refractivity contribution in [1.29, 1.82) is 0 Å². The van der Waals surface area contributed by atoms with E-state index in [1.54, 1.807) is 4.57 Å². The van der Waals surface area contributed by atoms with Crippen LogP contribution in [0.5, 0.6) is 0 Å². The van der Waals surface area contributed by atoms with Crippen LogP contribution in [-0.2, 0) is 0 Å². The minimum Gasteiger partial charge on any atom is -0.309 e. The molecule has 0 aliphatic carbocycles. The fraction of sp³-hybridized carbons (Fsp3) is 0. The normalized spacial score (nSPS) is 13.8. The van der Waals surface area contributed by atoms with Crippen LogP contribution in [0.2, 0.25) is 0 Å². The molecular formula is C51H33N5. The first-order chi connectivity index (χ1) is 31.5. The van der Waals surface area contributed by atoms with Crippen molar-refractivity contribution in [1.82, 2.24) is 24.1 Å². The number of nitrogens with zero attached hydrogens (tertiary/aromatic N) is 5. The van der Waals surface area contributed by atoms with Gasteiger partial charge in [0.15, 0.2) is 11.6 Å². The van der Waals surface area contributed by atoms with Gasteiger partial charge in [-0.1, -0.05) is 164 Å². The summed E-state index contributed by atoms with van der Waals surface area (Å²) in [6, 6.07) is 42.4. The predicted molar refractivity (Wildman–Crippen MR) is 230 cm³/mol. The molecule has 11 aromatic rings. The average Bonchev–Trinajstić information content (AvgIpc) is 3.86. The molecule has 0 spiro atoms. The summed E-state index contributed by atoms with van der Waals surface area (Å²) in [5.74, 6) is 1.37. The van der Waals surface area contributed by atoms with E-state index in [9.17, 15) is 2.74 Å². The van der Waals surface area contributed by atoms with E-state index >= 15 is 0 Å². The number of hydrogen-bond donors (Lipinski definition) is 0. The summed E-state index contributed by atoms with van der Waals surface area (Å²) in [5.41, 5.74) is 5.82. The summed E-state index contributed by atoms with van der Waals surface area (Å²) >= 11 is 0. The van der Waals surface area contributed by atoms with Gasteiger partial charge in [0.05, 0.1) is 34.4 Å². The lowest BCUT2D eigenvalue weighted by Gasteiger charge is -2.12. The van der Waals surface area contributed by atoms with Gasteiger partial charge in [-0.2, -0.15) is 9.97 Å². The van der Waals surface area contributed by atoms with Crippen LogP contribution in [0.1, 0.15) is 12.3 Å². The third-order valence-electron chi connectivity index (χ3n) is 10.2. The largest absolute Gasteiger partial charge is 0.309 e. The van der Waals surface area contributed by atoms with Gasteiger partial charge < -0.3 is 4.57 Å². The van der Waals surface area contributed by atoms with Gasteiger partial charge in [0.25, 0.3) is 0 Å². The van der Waals surface area contributed by atoms with E-state index in [0.717, 1.165) is 54.8 Å². The van der Waals surface area contributed by atoms with E-state index < -0.39 is 54.4 Å². The third kappa shape index (κ3) is 5.21. The number of para-hydroxylation sites is 2. The maximum atomic E-state index is 9.62. The summed E-state index contributed by atoms with van der Waals surface area (Å²) in [6.07, 6.45) is 0. The first-order valence-corrected chi connectivity index (χ1v) is 18.1. The van der Waals surface area contributed by atoms with E-state index in [1.165, 1.54) is 0 Å². The van der Waals surface area contributed by atoms with Crippen molar-refractivity contribution >= 4 is 43.6 Å². The van der Waals surface area contributed by atoms with E-state index in [1.807, 2.05) is 126 Å². The zero-order valence-electron chi connectivity index (χ0n) is 38.6. The highest BCUT2D eigenvalue weighted by atomic mass is 15.2. The lowest BCUT2D eigenvalue weighted by molar-refractivity contribution is 0.953. The van der Waals surface area contributed by atoms with Crippen LogP contribution in [0.15, 0.2) is 200 Å². The molecule has 0 N–H and O–H groups in total. The van der Waals surface area contributed by atoms with Crippen molar-refractivity contribution in [2.45, 2.75) is 0 Å². The molecule has 5 nitrogen and oxygen atoms in total. The summed E-state index contributed by atoms with van der Waals surface area (Å²) in [5, 5.41) is 3.29. The Morgan fingerprint density at radius 1 is 0.357 bits per heavy atom. The number of aromatic nitrogens is 5. The molecule has 5 heteroatoms. The molecule has 0 aliphatic rings. The van der Waals surface area contributed by atoms with Crippen LogP contribution in [0.25, 0.3) is 100 Å². The van der Waals surface area contributed by atoms with Crippen LogP contribution in [-0.4, -0.2) is 24.1 Å². The van der Waals surface area contributed by atoms with Crippen molar-refractivity contribution in [3.05, 3.63) is 200 Å². The molecule has 0 bridgehead atoms. The molecule has 0 fully saturated rings. The third-order valence-corrected chi connectivity index (χ3v) is 10.2. The first kappa shape index (κ1) is 23.9. The van der Waals surface area contributed by atoms with E-state index in [-0.39, 0.29) is 16.8 Å². The second-order valence-corrected chi connectivity index (χ2v) is 13.4. The summed E-state index contributed by atoms with van der Waals surface area (Å²) in [7, 11) is 0. The highest BCUT2D eigenvalue weighted by Gasteiger charge is 2.22. The fourth-order valence-corrected chi connectivity index (χ4v) is 7.67. The van der Waals surface area contributed by atoms with Gasteiger partial charge in [-0.15, -0.1) is 0 Å². The first-order valence-electron chi connectivity index (χ1n) is 22.6. The lowest BCUT2D eigenvalue weighted by atomic mass is 10.0. The molecular weight excluding hydrogens is 683 g/mol. The zero-order chi connectivity index (χ0) is 44.8. The molecule has 56 heavy (non-hydrogen) atoms. The van der Waals surface area contributed by atoms with E-state index in [4.69, 9.17) is 24.5 Å². The summed E-state index contributed by atoms with van der Waals surface area (Å²) < 4.78 is 82.8. The van der Waals surface area contributed by atoms with Gasteiger partial charge in [0.1, 0.15) is 0 Å². The topological polar surface area (TPSA) is 48.5 Å². The summed E-state index contributed by atoms with van der Waals surface area (Å²) in [6.45, 7) is 0. The molecule has 11 rings (SSSR count). The zero-order valence-corrected chi connectivity index (χ0v) is 29.6. The monoisotopic (exact) mass is 724 g/mol. The summed E-state index contributed by atoms with van der Waals surface area (Å²) in [4.78, 5) is 15.3. The SMILES string of the molecule is [2H]c1c([2H])c([2H])c(-c2c([2H])c([2H])c([2H])c(-n3c4ccccc4c4c5c6ccccc6n(-c6nc(-c7ccccc7)nc(-c7ccc(-c8ccccc8)cc7)n6)c5ccc43)c2[2H])c([2H])c1[2H]. The Kier molecular flexibility index (Phi) is 5.57. The Labute approximate surface area is 336 Å². The van der Waals surface area contributed by atoms with Crippen molar-refractivity contribution in [3.63, 3.8) is 0 Å². The minimum atomic E-state index is -0.624. The van der Waals surface area contributed by atoms with Gasteiger partial charge in [-0.3, -0.25) is 4.57 Å². The fourth-order valence-electron chi connectivity index (χ4n) is 7.67. The Balaban J connectivity index is 1.19. The van der Waals surface area contributed by atoms with Crippen LogP contribution < -0.4 is 0 Å². The van der Waals surface area contributed by atoms with Crippen LogP contribution in [0.3, 0.4) is 0 Å². The maximum Gasteiger partial charge on any atom is 0.238 e. The Morgan fingerprint density at radius 2 is 0.857 bits per heavy atom. The van der Waals surface area contributed by atoms with E-state index in [0.29, 0.717) is 28.6 Å². The van der Waals surface area contributed by atoms with Crippen molar-refractivity contribution in [2.24, 2.45) is 0 Å². The van der Waals surface area contributed by atoms with Crippen molar-refractivity contribution in [3.8, 4) is 56.7 Å². The smallest absolute Gasteiger partial charge is 0.238 e. The molecule has 3 heterocycles. The minimum absolute atomic E-state index is 0.0602. The molecule has 0 aliphatic heterocycles. The Bertz CT molecular complexity index is 3730. The molecule has 0 amide bonds. The molecule has 0 atom stereocenters. The highest BCUT2D eigenvalue weighted by Crippen LogP contribution is 2.42. The van der Waals surface area contributed by atoms with Crippen LogP contribution in [0, 0.1) is 0 Å². The Morgan fingerprint density at radius 3 is 1.52 bits per heavy atom. The quantitative estimate of drug-likeness (QED) is 0.172. The van der Waals surface area contributed by atoms with E-state index in [2.05, 4.69) is 24.3 Å². The highest BCUT2D eigenvalue weighted by molar-refractivity contribution is 6.28. The number of fused-ring (bicyclic) bond motifs is 7. The molecule has 0 radical (unpaired) electrons. The number of benzene rings is 8. The average molecular weight is 725 g/mol. The standard InChI is InChI=1S/C51H33N5/c1-4-15-34(16-5-1)36-27-29-38(30-28-36)50-52-49(37-19-8-3-9-20-37)53-51(54-50)56-44-26-13-11-24-42(44)48-46(56)32-31-45-47(48)41-23-10-12-25-43(41)55(45)40-22-14-21-39(33-40)35-17-6-2-7-18-35/h1-33H/i2D,6D,7D,14D,17D,18D,21D,22D,33D. The number of rotatable bonds is 6. The second kappa shape index (κ2) is 13.0. The molecule has 3 aromatic heterocycles. The maximum absolute atomic E-state index is 9.62. The van der Waals surface area contributed by atoms with Gasteiger partial charge in [0, 0.05) is 38.4 Å². The molecule has 8 aromatic carbocycles. The van der Waals surface area contributed by atoms with Gasteiger partial charge in [0.2, 0.25) is 5.95 Å². The van der Waals surface area contributed by atoms with Gasteiger partial charge >= 0.3 is 0 Å². The lowest BCUT2D eigenvalue weighted by Crippen LogP contribution is -2.06. The van der Waals surface area contributed by atoms with Gasteiger partial charge in [-0.25, -0.2) is 4.98 Å². The van der Waals surface area contributed by atoms with Gasteiger partial charge in [-0.05, 0) is 58.6 Å². The number of hydrogen-bond acceptors (Lipinski definition) is 3.